The lowest BCUT2D eigenvalue weighted by molar-refractivity contribution is -0.385. The number of aliphatic imine (C=N–C) groups is 1. The maximum absolute atomic E-state index is 10.9. The molecule has 7 heteroatoms. The summed E-state index contributed by atoms with van der Waals surface area (Å²) in [7, 11) is 0. The Morgan fingerprint density at radius 1 is 1.25 bits per heavy atom. The number of aromatic nitrogens is 1. The summed E-state index contributed by atoms with van der Waals surface area (Å²) >= 11 is 3.11. The number of hydrogen-bond acceptors (Lipinski definition) is 5. The molecule has 0 fully saturated rings. The van der Waals surface area contributed by atoms with Gasteiger partial charge >= 0.3 is 0 Å². The van der Waals surface area contributed by atoms with Crippen LogP contribution in [-0.2, 0) is 0 Å². The molecule has 1 heterocycles. The molecular formula is C17H12BrN3O3. The number of rotatable bonds is 3. The lowest BCUT2D eigenvalue weighted by Gasteiger charge is -2.03. The minimum atomic E-state index is -0.522. The predicted molar refractivity (Wildman–Crippen MR) is 96.2 cm³/mol. The number of aryl methyl sites for hydroxylation is 1. The van der Waals surface area contributed by atoms with Crippen LogP contribution in [0.3, 0.4) is 0 Å². The molecule has 0 spiro atoms. The Morgan fingerprint density at radius 2 is 2.04 bits per heavy atom. The number of benzene rings is 2. The molecule has 0 aliphatic heterocycles. The second kappa shape index (κ2) is 6.37. The van der Waals surface area contributed by atoms with Crippen LogP contribution in [0, 0.1) is 17.0 Å². The monoisotopic (exact) mass is 385 g/mol. The van der Waals surface area contributed by atoms with Crippen LogP contribution in [-0.4, -0.2) is 21.2 Å². The second-order valence-corrected chi connectivity index (χ2v) is 6.06. The van der Waals surface area contributed by atoms with Crippen LogP contribution < -0.4 is 0 Å². The molecule has 0 atom stereocenters. The highest BCUT2D eigenvalue weighted by atomic mass is 79.9. The van der Waals surface area contributed by atoms with E-state index in [0.29, 0.717) is 5.69 Å². The zero-order chi connectivity index (χ0) is 17.3. The van der Waals surface area contributed by atoms with Crippen LogP contribution in [0.4, 0.5) is 11.4 Å². The summed E-state index contributed by atoms with van der Waals surface area (Å²) in [6.07, 6.45) is 1.40. The molecule has 0 saturated carbocycles. The van der Waals surface area contributed by atoms with Crippen molar-refractivity contribution in [3.63, 3.8) is 0 Å². The third kappa shape index (κ3) is 3.26. The third-order valence-electron chi connectivity index (χ3n) is 3.45. The van der Waals surface area contributed by atoms with Crippen LogP contribution in [0.1, 0.15) is 11.3 Å². The van der Waals surface area contributed by atoms with Gasteiger partial charge in [-0.25, -0.2) is 0 Å². The molecule has 6 nitrogen and oxygen atoms in total. The summed E-state index contributed by atoms with van der Waals surface area (Å²) in [5, 5.41) is 21.9. The Hall–Kier alpha value is -2.80. The Kier molecular flexibility index (Phi) is 4.26. The van der Waals surface area contributed by atoms with E-state index in [2.05, 4.69) is 25.9 Å². The van der Waals surface area contributed by atoms with E-state index in [-0.39, 0.29) is 21.5 Å². The highest BCUT2D eigenvalue weighted by Gasteiger charge is 2.13. The molecule has 0 bridgehead atoms. The van der Waals surface area contributed by atoms with E-state index in [9.17, 15) is 15.2 Å². The van der Waals surface area contributed by atoms with Crippen LogP contribution in [0.5, 0.6) is 5.75 Å². The first-order chi connectivity index (χ1) is 11.4. The number of aromatic hydroxyl groups is 1. The van der Waals surface area contributed by atoms with Crippen molar-refractivity contribution in [2.24, 2.45) is 4.99 Å². The minimum Gasteiger partial charge on any atom is -0.506 e. The first-order valence-corrected chi connectivity index (χ1v) is 7.82. The third-order valence-corrected chi connectivity index (χ3v) is 4.06. The quantitative estimate of drug-likeness (QED) is 0.403. The molecule has 120 valence electrons. The largest absolute Gasteiger partial charge is 0.506 e. The average Bonchev–Trinajstić information content (AvgIpc) is 2.55. The van der Waals surface area contributed by atoms with Crippen molar-refractivity contribution in [3.8, 4) is 5.75 Å². The fourth-order valence-corrected chi connectivity index (χ4v) is 2.71. The lowest BCUT2D eigenvalue weighted by Crippen LogP contribution is -1.91. The van der Waals surface area contributed by atoms with E-state index in [1.807, 2.05) is 31.2 Å². The topological polar surface area (TPSA) is 88.6 Å². The van der Waals surface area contributed by atoms with Gasteiger partial charge in [-0.1, -0.05) is 6.07 Å². The maximum atomic E-state index is 10.9. The van der Waals surface area contributed by atoms with Gasteiger partial charge in [0.05, 0.1) is 20.6 Å². The van der Waals surface area contributed by atoms with Gasteiger partial charge in [-0.15, -0.1) is 0 Å². The molecule has 0 amide bonds. The maximum Gasteiger partial charge on any atom is 0.271 e. The van der Waals surface area contributed by atoms with E-state index >= 15 is 0 Å². The fourth-order valence-electron chi connectivity index (χ4n) is 2.25. The first kappa shape index (κ1) is 16.1. The predicted octanol–water partition coefficient (Wildman–Crippen LogP) is 4.67. The molecule has 0 unspecified atom stereocenters. The summed E-state index contributed by atoms with van der Waals surface area (Å²) in [5.74, 6) is -0.0950. The summed E-state index contributed by atoms with van der Waals surface area (Å²) in [5.41, 5.74) is 2.60. The van der Waals surface area contributed by atoms with Gasteiger partial charge in [-0.05, 0) is 47.1 Å². The number of nitrogens with zero attached hydrogens (tertiary/aromatic N) is 3. The average molecular weight is 386 g/mol. The minimum absolute atomic E-state index is 0.0950. The SMILES string of the molecule is Cc1ccc2cc(/N=C/c3cc([N+](=O)[O-])cc(Br)c3O)ccc2n1. The summed E-state index contributed by atoms with van der Waals surface area (Å²) in [4.78, 5) is 19.1. The van der Waals surface area contributed by atoms with Crippen molar-refractivity contribution in [2.75, 3.05) is 0 Å². The molecule has 1 aromatic heterocycles. The van der Waals surface area contributed by atoms with Gasteiger partial charge < -0.3 is 5.11 Å². The number of non-ortho nitro benzene ring substituents is 1. The number of nitro benzene ring substituents is 1. The normalized spacial score (nSPS) is 11.2. The molecule has 0 aliphatic rings. The zero-order valence-electron chi connectivity index (χ0n) is 12.6. The number of pyridine rings is 1. The van der Waals surface area contributed by atoms with Gasteiger partial charge in [0, 0.05) is 35.0 Å². The molecule has 3 aromatic rings. The molecule has 24 heavy (non-hydrogen) atoms. The number of nitro groups is 1. The van der Waals surface area contributed by atoms with Gasteiger partial charge in [0.15, 0.2) is 0 Å². The van der Waals surface area contributed by atoms with Gasteiger partial charge in [0.2, 0.25) is 0 Å². The van der Waals surface area contributed by atoms with Gasteiger partial charge in [-0.3, -0.25) is 20.1 Å². The Morgan fingerprint density at radius 3 is 2.79 bits per heavy atom. The van der Waals surface area contributed by atoms with E-state index in [0.717, 1.165) is 16.6 Å². The zero-order valence-corrected chi connectivity index (χ0v) is 14.2. The van der Waals surface area contributed by atoms with E-state index < -0.39 is 4.92 Å². The number of fused-ring (bicyclic) bond motifs is 1. The molecule has 0 radical (unpaired) electrons. The second-order valence-electron chi connectivity index (χ2n) is 5.21. The number of phenolic OH excluding ortho intramolecular Hbond substituents is 1. The van der Waals surface area contributed by atoms with Crippen molar-refractivity contribution >= 4 is 44.4 Å². The van der Waals surface area contributed by atoms with Crippen molar-refractivity contribution < 1.29 is 10.0 Å². The summed E-state index contributed by atoms with van der Waals surface area (Å²) in [6.45, 7) is 1.93. The Balaban J connectivity index is 1.99. The van der Waals surface area contributed by atoms with Crippen molar-refractivity contribution in [2.45, 2.75) is 6.92 Å². The van der Waals surface area contributed by atoms with Gasteiger partial charge in [0.1, 0.15) is 5.75 Å². The molecule has 3 rings (SSSR count). The fraction of sp³-hybridized carbons (Fsp3) is 0.0588. The standard InChI is InChI=1S/C17H12BrN3O3/c1-10-2-3-11-6-13(4-5-16(11)20-10)19-9-12-7-14(21(23)24)8-15(18)17(12)22/h2-9,22H,1H3/b19-9+. The Bertz CT molecular complexity index is 986. The number of hydrogen-bond donors (Lipinski definition) is 1. The first-order valence-electron chi connectivity index (χ1n) is 7.02. The summed E-state index contributed by atoms with van der Waals surface area (Å²) < 4.78 is 0.247. The molecule has 0 saturated heterocycles. The molecule has 0 aliphatic carbocycles. The summed E-state index contributed by atoms with van der Waals surface area (Å²) in [6, 6.07) is 11.9. The smallest absolute Gasteiger partial charge is 0.271 e. The Labute approximate surface area is 145 Å². The number of phenols is 1. The molecule has 2 aromatic carbocycles. The lowest BCUT2D eigenvalue weighted by atomic mass is 10.1. The highest BCUT2D eigenvalue weighted by Crippen LogP contribution is 2.32. The van der Waals surface area contributed by atoms with Crippen molar-refractivity contribution in [1.82, 2.24) is 4.98 Å². The molecular weight excluding hydrogens is 374 g/mol. The van der Waals surface area contributed by atoms with Crippen molar-refractivity contribution in [3.05, 3.63) is 68.3 Å². The van der Waals surface area contributed by atoms with Crippen LogP contribution in [0.25, 0.3) is 10.9 Å². The van der Waals surface area contributed by atoms with Gasteiger partial charge in [0.25, 0.3) is 5.69 Å². The van der Waals surface area contributed by atoms with Crippen LogP contribution >= 0.6 is 15.9 Å². The van der Waals surface area contributed by atoms with Crippen molar-refractivity contribution in [1.29, 1.82) is 0 Å². The highest BCUT2D eigenvalue weighted by molar-refractivity contribution is 9.10. The van der Waals surface area contributed by atoms with E-state index in [4.69, 9.17) is 0 Å². The van der Waals surface area contributed by atoms with E-state index in [1.165, 1.54) is 18.3 Å². The van der Waals surface area contributed by atoms with Crippen LogP contribution in [0.15, 0.2) is 51.9 Å². The van der Waals surface area contributed by atoms with E-state index in [1.54, 1.807) is 6.07 Å². The number of halogens is 1. The van der Waals surface area contributed by atoms with Gasteiger partial charge in [-0.2, -0.15) is 0 Å². The van der Waals surface area contributed by atoms with Crippen LogP contribution in [0.2, 0.25) is 0 Å². The molecule has 1 N–H and O–H groups in total.